The van der Waals surface area contributed by atoms with Crippen LogP contribution in [0.5, 0.6) is 0 Å². The van der Waals surface area contributed by atoms with Crippen LogP contribution in [-0.4, -0.2) is 21.9 Å². The lowest BCUT2D eigenvalue weighted by Crippen LogP contribution is -2.36. The van der Waals surface area contributed by atoms with Gasteiger partial charge in [0.2, 0.25) is 0 Å². The molecule has 80 valence electrons. The lowest BCUT2D eigenvalue weighted by Gasteiger charge is -2.32. The molecule has 0 amide bonds. The Hall–Kier alpha value is -0.600. The first-order valence-corrected chi connectivity index (χ1v) is 5.34. The molecular formula is C12H20O2. The summed E-state index contributed by atoms with van der Waals surface area (Å²) in [4.78, 5) is 0. The summed E-state index contributed by atoms with van der Waals surface area (Å²) in [6.07, 6.45) is 8.38. The maximum absolute atomic E-state index is 9.83. The van der Waals surface area contributed by atoms with Crippen LogP contribution in [0.1, 0.15) is 32.6 Å². The SMILES string of the molecule is C=C[C@]1(O)C=C[C@H](CCCC)[C@H](O)C1. The van der Waals surface area contributed by atoms with Gasteiger partial charge in [-0.2, -0.15) is 0 Å². The Kier molecular flexibility index (Phi) is 3.90. The van der Waals surface area contributed by atoms with Crippen molar-refractivity contribution in [3.63, 3.8) is 0 Å². The molecule has 14 heavy (non-hydrogen) atoms. The summed E-state index contributed by atoms with van der Waals surface area (Å²) < 4.78 is 0. The average molecular weight is 196 g/mol. The minimum Gasteiger partial charge on any atom is -0.392 e. The highest BCUT2D eigenvalue weighted by Crippen LogP contribution is 2.29. The van der Waals surface area contributed by atoms with E-state index in [0.717, 1.165) is 19.3 Å². The van der Waals surface area contributed by atoms with E-state index < -0.39 is 11.7 Å². The first-order valence-electron chi connectivity index (χ1n) is 5.34. The molecule has 0 spiro atoms. The largest absolute Gasteiger partial charge is 0.392 e. The summed E-state index contributed by atoms with van der Waals surface area (Å²) in [6.45, 7) is 5.70. The average Bonchev–Trinajstić information content (AvgIpc) is 2.17. The number of unbranched alkanes of at least 4 members (excludes halogenated alkanes) is 1. The molecule has 0 saturated carbocycles. The highest BCUT2D eigenvalue weighted by atomic mass is 16.3. The van der Waals surface area contributed by atoms with E-state index in [1.54, 1.807) is 6.08 Å². The third-order valence-electron chi connectivity index (χ3n) is 2.91. The van der Waals surface area contributed by atoms with E-state index >= 15 is 0 Å². The van der Waals surface area contributed by atoms with Crippen molar-refractivity contribution in [3.05, 3.63) is 24.8 Å². The summed E-state index contributed by atoms with van der Waals surface area (Å²) in [5, 5.41) is 19.6. The highest BCUT2D eigenvalue weighted by molar-refractivity contribution is 5.17. The lowest BCUT2D eigenvalue weighted by molar-refractivity contribution is 0.0256. The minimum absolute atomic E-state index is 0.204. The van der Waals surface area contributed by atoms with Crippen molar-refractivity contribution in [2.24, 2.45) is 5.92 Å². The second-order valence-corrected chi connectivity index (χ2v) is 4.13. The van der Waals surface area contributed by atoms with E-state index in [-0.39, 0.29) is 5.92 Å². The minimum atomic E-state index is -0.998. The fraction of sp³-hybridized carbons (Fsp3) is 0.667. The molecule has 2 N–H and O–H groups in total. The van der Waals surface area contributed by atoms with Gasteiger partial charge in [-0.25, -0.2) is 0 Å². The van der Waals surface area contributed by atoms with Crippen molar-refractivity contribution >= 4 is 0 Å². The van der Waals surface area contributed by atoms with Crippen LogP contribution < -0.4 is 0 Å². The molecule has 0 bridgehead atoms. The summed E-state index contributed by atoms with van der Waals surface area (Å²) >= 11 is 0. The number of aliphatic hydroxyl groups excluding tert-OH is 1. The summed E-state index contributed by atoms with van der Waals surface area (Å²) in [5.41, 5.74) is -0.998. The molecule has 2 heteroatoms. The van der Waals surface area contributed by atoms with Gasteiger partial charge in [0.05, 0.1) is 6.10 Å². The molecule has 0 unspecified atom stereocenters. The number of aliphatic hydroxyl groups is 2. The van der Waals surface area contributed by atoms with Crippen LogP contribution in [0.2, 0.25) is 0 Å². The molecular weight excluding hydrogens is 176 g/mol. The Labute approximate surface area is 86.0 Å². The molecule has 0 fully saturated rings. The van der Waals surface area contributed by atoms with Crippen LogP contribution in [0.3, 0.4) is 0 Å². The van der Waals surface area contributed by atoms with Gasteiger partial charge in [-0.05, 0) is 6.42 Å². The maximum atomic E-state index is 9.83. The summed E-state index contributed by atoms with van der Waals surface area (Å²) in [5.74, 6) is 0.204. The Bertz CT molecular complexity index is 222. The van der Waals surface area contributed by atoms with E-state index in [2.05, 4.69) is 13.5 Å². The highest BCUT2D eigenvalue weighted by Gasteiger charge is 2.31. The lowest BCUT2D eigenvalue weighted by atomic mass is 9.81. The van der Waals surface area contributed by atoms with Crippen molar-refractivity contribution in [1.29, 1.82) is 0 Å². The molecule has 0 radical (unpaired) electrons. The molecule has 0 saturated heterocycles. The van der Waals surface area contributed by atoms with Gasteiger partial charge in [0.1, 0.15) is 5.60 Å². The summed E-state index contributed by atoms with van der Waals surface area (Å²) in [6, 6.07) is 0. The second kappa shape index (κ2) is 4.76. The van der Waals surface area contributed by atoms with Crippen LogP contribution >= 0.6 is 0 Å². The van der Waals surface area contributed by atoms with Crippen molar-refractivity contribution in [3.8, 4) is 0 Å². The first kappa shape index (κ1) is 11.5. The first-order chi connectivity index (χ1) is 6.61. The molecule has 0 heterocycles. The van der Waals surface area contributed by atoms with Gasteiger partial charge < -0.3 is 10.2 Å². The third kappa shape index (κ3) is 2.69. The van der Waals surface area contributed by atoms with E-state index in [1.165, 1.54) is 6.08 Å². The smallest absolute Gasteiger partial charge is 0.103 e. The van der Waals surface area contributed by atoms with E-state index in [0.29, 0.717) is 6.42 Å². The molecule has 1 rings (SSSR count). The molecule has 0 aromatic rings. The van der Waals surface area contributed by atoms with E-state index in [4.69, 9.17) is 0 Å². The zero-order valence-corrected chi connectivity index (χ0v) is 8.82. The number of hydrogen-bond donors (Lipinski definition) is 2. The Morgan fingerprint density at radius 3 is 2.86 bits per heavy atom. The summed E-state index contributed by atoms with van der Waals surface area (Å²) in [7, 11) is 0. The van der Waals surface area contributed by atoms with Gasteiger partial charge in [0, 0.05) is 12.3 Å². The molecule has 0 aliphatic heterocycles. The van der Waals surface area contributed by atoms with Crippen LogP contribution in [0, 0.1) is 5.92 Å². The quantitative estimate of drug-likeness (QED) is 0.675. The van der Waals surface area contributed by atoms with Crippen LogP contribution in [0.4, 0.5) is 0 Å². The number of hydrogen-bond acceptors (Lipinski definition) is 2. The van der Waals surface area contributed by atoms with Gasteiger partial charge >= 0.3 is 0 Å². The predicted octanol–water partition coefficient (Wildman–Crippen LogP) is 2.03. The molecule has 1 aliphatic rings. The molecule has 1 aliphatic carbocycles. The monoisotopic (exact) mass is 196 g/mol. The standard InChI is InChI=1S/C12H20O2/c1-3-5-6-10-7-8-12(14,4-2)9-11(10)13/h4,7-8,10-11,13-14H,2-3,5-6,9H2,1H3/t10-,11+,12-/m0/s1. The van der Waals surface area contributed by atoms with Crippen molar-refractivity contribution in [1.82, 2.24) is 0 Å². The fourth-order valence-electron chi connectivity index (χ4n) is 1.85. The van der Waals surface area contributed by atoms with Crippen molar-refractivity contribution < 1.29 is 10.2 Å². The molecule has 3 atom stereocenters. The van der Waals surface area contributed by atoms with Gasteiger partial charge in [-0.1, -0.05) is 44.6 Å². The normalized spacial score (nSPS) is 37.1. The van der Waals surface area contributed by atoms with Gasteiger partial charge in [-0.3, -0.25) is 0 Å². The Balaban J connectivity index is 2.58. The second-order valence-electron chi connectivity index (χ2n) is 4.13. The van der Waals surface area contributed by atoms with Crippen LogP contribution in [0.25, 0.3) is 0 Å². The van der Waals surface area contributed by atoms with Crippen molar-refractivity contribution in [2.45, 2.75) is 44.3 Å². The Morgan fingerprint density at radius 2 is 2.36 bits per heavy atom. The topological polar surface area (TPSA) is 40.5 Å². The van der Waals surface area contributed by atoms with E-state index in [1.807, 2.05) is 6.08 Å². The molecule has 2 nitrogen and oxygen atoms in total. The zero-order valence-electron chi connectivity index (χ0n) is 8.82. The van der Waals surface area contributed by atoms with Crippen LogP contribution in [0.15, 0.2) is 24.8 Å². The molecule has 0 aromatic heterocycles. The maximum Gasteiger partial charge on any atom is 0.103 e. The van der Waals surface area contributed by atoms with Gasteiger partial charge in [-0.15, -0.1) is 0 Å². The molecule has 0 aromatic carbocycles. The number of rotatable bonds is 4. The predicted molar refractivity (Wildman–Crippen MR) is 57.9 cm³/mol. The van der Waals surface area contributed by atoms with Gasteiger partial charge in [0.15, 0.2) is 0 Å². The zero-order chi connectivity index (χ0) is 10.6. The van der Waals surface area contributed by atoms with E-state index in [9.17, 15) is 10.2 Å². The van der Waals surface area contributed by atoms with Gasteiger partial charge in [0.25, 0.3) is 0 Å². The Morgan fingerprint density at radius 1 is 1.64 bits per heavy atom. The van der Waals surface area contributed by atoms with Crippen molar-refractivity contribution in [2.75, 3.05) is 0 Å². The van der Waals surface area contributed by atoms with Crippen LogP contribution in [-0.2, 0) is 0 Å². The third-order valence-corrected chi connectivity index (χ3v) is 2.91. The fourth-order valence-corrected chi connectivity index (χ4v) is 1.85.